The van der Waals surface area contributed by atoms with Crippen LogP contribution in [0.1, 0.15) is 48.8 Å². The molecule has 10 nitrogen and oxygen atoms in total. The molecule has 3 heterocycles. The summed E-state index contributed by atoms with van der Waals surface area (Å²) in [7, 11) is 0. The van der Waals surface area contributed by atoms with Crippen molar-refractivity contribution in [2.45, 2.75) is 46.0 Å². The van der Waals surface area contributed by atoms with Gasteiger partial charge in [-0.25, -0.2) is 0 Å². The second-order valence-corrected chi connectivity index (χ2v) is 8.76. The van der Waals surface area contributed by atoms with Gasteiger partial charge in [0.2, 0.25) is 17.8 Å². The fourth-order valence-electron chi connectivity index (χ4n) is 4.37. The lowest BCUT2D eigenvalue weighted by atomic mass is 9.92. The summed E-state index contributed by atoms with van der Waals surface area (Å²) in [5.74, 6) is -1.75. The van der Waals surface area contributed by atoms with E-state index in [-0.39, 0.29) is 35.6 Å². The quantitative estimate of drug-likeness (QED) is 0.574. The van der Waals surface area contributed by atoms with E-state index < -0.39 is 17.4 Å². The summed E-state index contributed by atoms with van der Waals surface area (Å²) in [5, 5.41) is 5.46. The van der Waals surface area contributed by atoms with E-state index in [0.717, 1.165) is 11.1 Å². The summed E-state index contributed by atoms with van der Waals surface area (Å²) >= 11 is 0. The van der Waals surface area contributed by atoms with Crippen LogP contribution in [0.4, 0.5) is 17.5 Å². The number of aryl methyl sites for hydroxylation is 2. The summed E-state index contributed by atoms with van der Waals surface area (Å²) in [4.78, 5) is 59.5. The molecule has 0 radical (unpaired) electrons. The molecule has 0 saturated carbocycles. The van der Waals surface area contributed by atoms with E-state index in [1.54, 1.807) is 13.0 Å². The highest BCUT2D eigenvalue weighted by Crippen LogP contribution is 2.31. The number of carbonyl (C=O) groups excluding carboxylic acids is 3. The Balaban J connectivity index is 1.54. The predicted molar refractivity (Wildman–Crippen MR) is 127 cm³/mol. The zero-order chi connectivity index (χ0) is 24.4. The van der Waals surface area contributed by atoms with Crippen LogP contribution in [0.5, 0.6) is 0 Å². The first-order valence-corrected chi connectivity index (χ1v) is 11.5. The molecule has 10 heteroatoms. The normalized spacial score (nSPS) is 18.1. The topological polar surface area (TPSA) is 133 Å². The van der Waals surface area contributed by atoms with Crippen molar-refractivity contribution < 1.29 is 19.1 Å². The number of nitrogens with one attached hydrogen (secondary N) is 3. The van der Waals surface area contributed by atoms with Gasteiger partial charge in [0.05, 0.1) is 24.0 Å². The van der Waals surface area contributed by atoms with Crippen molar-refractivity contribution in [2.75, 3.05) is 35.2 Å². The number of carbonyl (C=O) groups is 3. The SMILES string of the molecule is CCOC(=O)C1CCN(c2nc3c(c(=O)[nH]2)[C@@H](C(=O)Nc2ccc(C)c(C)c2)CC(=O)N3)CC1. The zero-order valence-electron chi connectivity index (χ0n) is 19.6. The van der Waals surface area contributed by atoms with Gasteiger partial charge < -0.3 is 20.3 Å². The van der Waals surface area contributed by atoms with Gasteiger partial charge in [-0.3, -0.25) is 24.2 Å². The van der Waals surface area contributed by atoms with Crippen LogP contribution >= 0.6 is 0 Å². The first-order valence-electron chi connectivity index (χ1n) is 11.5. The van der Waals surface area contributed by atoms with E-state index in [1.165, 1.54) is 0 Å². The van der Waals surface area contributed by atoms with Crippen molar-refractivity contribution in [2.24, 2.45) is 5.92 Å². The van der Waals surface area contributed by atoms with E-state index in [0.29, 0.717) is 44.2 Å². The average molecular weight is 468 g/mol. The number of fused-ring (bicyclic) bond motifs is 1. The Morgan fingerprint density at radius 3 is 2.59 bits per heavy atom. The van der Waals surface area contributed by atoms with Gasteiger partial charge in [0.15, 0.2) is 0 Å². The molecule has 1 aromatic carbocycles. The van der Waals surface area contributed by atoms with Gasteiger partial charge in [-0.1, -0.05) is 6.07 Å². The molecule has 3 N–H and O–H groups in total. The van der Waals surface area contributed by atoms with E-state index in [2.05, 4.69) is 20.6 Å². The molecule has 1 saturated heterocycles. The van der Waals surface area contributed by atoms with Gasteiger partial charge in [0.1, 0.15) is 5.82 Å². The van der Waals surface area contributed by atoms with Gasteiger partial charge in [0, 0.05) is 25.2 Å². The third kappa shape index (κ3) is 4.80. The van der Waals surface area contributed by atoms with Crippen molar-refractivity contribution in [3.63, 3.8) is 0 Å². The Labute approximate surface area is 197 Å². The smallest absolute Gasteiger partial charge is 0.309 e. The number of anilines is 3. The first kappa shape index (κ1) is 23.5. The summed E-state index contributed by atoms with van der Waals surface area (Å²) in [6.07, 6.45) is 1.01. The van der Waals surface area contributed by atoms with Crippen molar-refractivity contribution >= 4 is 35.2 Å². The number of hydrogen-bond acceptors (Lipinski definition) is 7. The van der Waals surface area contributed by atoms with Crippen molar-refractivity contribution in [1.82, 2.24) is 9.97 Å². The van der Waals surface area contributed by atoms with Crippen molar-refractivity contribution in [3.05, 3.63) is 45.2 Å². The number of nitrogens with zero attached hydrogens (tertiary/aromatic N) is 2. The number of aromatic amines is 1. The molecule has 180 valence electrons. The molecule has 2 aliphatic heterocycles. The van der Waals surface area contributed by atoms with Gasteiger partial charge in [-0.15, -0.1) is 0 Å². The number of ether oxygens (including phenoxy) is 1. The number of esters is 1. The second-order valence-electron chi connectivity index (χ2n) is 8.76. The van der Waals surface area contributed by atoms with Gasteiger partial charge in [0.25, 0.3) is 5.56 Å². The first-order chi connectivity index (χ1) is 16.3. The Morgan fingerprint density at radius 1 is 1.18 bits per heavy atom. The Kier molecular flexibility index (Phi) is 6.67. The summed E-state index contributed by atoms with van der Waals surface area (Å²) in [6, 6.07) is 5.54. The molecule has 1 atom stereocenters. The summed E-state index contributed by atoms with van der Waals surface area (Å²) in [5.41, 5.74) is 2.40. The van der Waals surface area contributed by atoms with Gasteiger partial charge in [-0.2, -0.15) is 4.98 Å². The van der Waals surface area contributed by atoms with Crippen LogP contribution < -0.4 is 21.1 Å². The Bertz CT molecular complexity index is 1180. The minimum atomic E-state index is -0.954. The predicted octanol–water partition coefficient (Wildman–Crippen LogP) is 2.23. The molecule has 2 aromatic rings. The Morgan fingerprint density at radius 2 is 1.91 bits per heavy atom. The van der Waals surface area contributed by atoms with Crippen LogP contribution in [0, 0.1) is 19.8 Å². The molecule has 2 aliphatic rings. The van der Waals surface area contributed by atoms with E-state index >= 15 is 0 Å². The number of aromatic nitrogens is 2. The lowest BCUT2D eigenvalue weighted by molar-refractivity contribution is -0.148. The van der Waals surface area contributed by atoms with Gasteiger partial charge in [-0.05, 0) is 56.9 Å². The van der Waals surface area contributed by atoms with Crippen molar-refractivity contribution in [1.29, 1.82) is 0 Å². The maximum absolute atomic E-state index is 13.0. The van der Waals surface area contributed by atoms with Crippen LogP contribution in [0.15, 0.2) is 23.0 Å². The number of rotatable bonds is 5. The molecule has 1 fully saturated rings. The molecule has 1 aromatic heterocycles. The molecule has 0 spiro atoms. The molecular weight excluding hydrogens is 438 g/mol. The highest BCUT2D eigenvalue weighted by atomic mass is 16.5. The fraction of sp³-hybridized carbons (Fsp3) is 0.458. The maximum Gasteiger partial charge on any atom is 0.309 e. The minimum absolute atomic E-state index is 0.0998. The highest BCUT2D eigenvalue weighted by Gasteiger charge is 2.36. The molecular formula is C24H29N5O5. The van der Waals surface area contributed by atoms with Crippen LogP contribution in [-0.4, -0.2) is 47.4 Å². The van der Waals surface area contributed by atoms with Crippen LogP contribution in [0.25, 0.3) is 0 Å². The molecule has 4 rings (SSSR count). The Hall–Kier alpha value is -3.69. The number of amides is 2. The number of H-pyrrole nitrogens is 1. The van der Waals surface area contributed by atoms with Crippen LogP contribution in [-0.2, 0) is 19.1 Å². The number of benzene rings is 1. The molecule has 2 amide bonds. The lowest BCUT2D eigenvalue weighted by Gasteiger charge is -2.32. The fourth-order valence-corrected chi connectivity index (χ4v) is 4.37. The van der Waals surface area contributed by atoms with E-state index in [4.69, 9.17) is 4.74 Å². The number of hydrogen-bond donors (Lipinski definition) is 3. The minimum Gasteiger partial charge on any atom is -0.466 e. The third-order valence-corrected chi connectivity index (χ3v) is 6.44. The molecule has 34 heavy (non-hydrogen) atoms. The highest BCUT2D eigenvalue weighted by molar-refractivity contribution is 6.04. The molecule has 0 aliphatic carbocycles. The van der Waals surface area contributed by atoms with E-state index in [1.807, 2.05) is 30.9 Å². The van der Waals surface area contributed by atoms with Gasteiger partial charge >= 0.3 is 5.97 Å². The maximum atomic E-state index is 13.0. The van der Waals surface area contributed by atoms with E-state index in [9.17, 15) is 19.2 Å². The lowest BCUT2D eigenvalue weighted by Crippen LogP contribution is -2.41. The van der Waals surface area contributed by atoms with Crippen LogP contribution in [0.3, 0.4) is 0 Å². The average Bonchev–Trinajstić information content (AvgIpc) is 2.80. The standard InChI is InChI=1S/C24H29N5O5/c1-4-34-23(33)15-7-9-29(10-8-15)24-27-20-19(22(32)28-24)17(12-18(30)26-20)21(31)25-16-6-5-13(2)14(3)11-16/h5-6,11,15,17H,4,7-10,12H2,1-3H3,(H,25,31)(H2,26,27,28,30,32)/t17-/m0/s1. The van der Waals surface area contributed by atoms with Crippen molar-refractivity contribution in [3.8, 4) is 0 Å². The largest absolute Gasteiger partial charge is 0.466 e. The molecule has 0 unspecified atom stereocenters. The molecule has 0 bridgehead atoms. The zero-order valence-corrected chi connectivity index (χ0v) is 19.6. The third-order valence-electron chi connectivity index (χ3n) is 6.44. The second kappa shape index (κ2) is 9.66. The summed E-state index contributed by atoms with van der Waals surface area (Å²) < 4.78 is 5.10. The van der Waals surface area contributed by atoms with Crippen LogP contribution in [0.2, 0.25) is 0 Å². The summed E-state index contributed by atoms with van der Waals surface area (Å²) in [6.45, 7) is 7.06. The number of piperidine rings is 1. The monoisotopic (exact) mass is 467 g/mol.